The Hall–Kier alpha value is -2.63. The molecular formula is C18H21N5O. The molecule has 0 atom stereocenters. The summed E-state index contributed by atoms with van der Waals surface area (Å²) in [6.07, 6.45) is 7.65. The molecule has 2 aromatic rings. The fourth-order valence-electron chi connectivity index (χ4n) is 2.96. The van der Waals surface area contributed by atoms with Gasteiger partial charge >= 0.3 is 0 Å². The van der Waals surface area contributed by atoms with Gasteiger partial charge in [0.2, 0.25) is 0 Å². The van der Waals surface area contributed by atoms with E-state index in [1.807, 2.05) is 29.2 Å². The molecule has 6 heteroatoms. The molecule has 1 N–H and O–H groups in total. The van der Waals surface area contributed by atoms with Gasteiger partial charge in [0.1, 0.15) is 5.82 Å². The van der Waals surface area contributed by atoms with E-state index in [1.54, 1.807) is 18.6 Å². The van der Waals surface area contributed by atoms with Gasteiger partial charge in [0.15, 0.2) is 0 Å². The Morgan fingerprint density at radius 2 is 1.96 bits per heavy atom. The maximum absolute atomic E-state index is 12.7. The van der Waals surface area contributed by atoms with Crippen LogP contribution in [-0.2, 0) is 0 Å². The molecular weight excluding hydrogens is 302 g/mol. The monoisotopic (exact) mass is 323 g/mol. The standard InChI is InChI=1S/C18H21N5O/c24-18(14-11-16(13-19-12-14)21-15-4-5-15)23-9-7-22(8-10-23)17-3-1-2-6-20-17/h1-3,6,11-13,15,21H,4-5,7-10H2. The van der Waals surface area contributed by atoms with Gasteiger partial charge < -0.3 is 15.1 Å². The second-order valence-corrected chi connectivity index (χ2v) is 6.35. The van der Waals surface area contributed by atoms with Gasteiger partial charge in [-0.05, 0) is 31.0 Å². The maximum Gasteiger partial charge on any atom is 0.255 e. The SMILES string of the molecule is O=C(c1cncc(NC2CC2)c1)N1CCN(c2ccccn2)CC1. The lowest BCUT2D eigenvalue weighted by Crippen LogP contribution is -2.49. The van der Waals surface area contributed by atoms with Gasteiger partial charge in [-0.15, -0.1) is 0 Å². The molecule has 0 aromatic carbocycles. The Labute approximate surface area is 141 Å². The molecule has 24 heavy (non-hydrogen) atoms. The van der Waals surface area contributed by atoms with Crippen molar-refractivity contribution in [3.05, 3.63) is 48.4 Å². The van der Waals surface area contributed by atoms with Crippen LogP contribution in [-0.4, -0.2) is 53.0 Å². The van der Waals surface area contributed by atoms with Crippen molar-refractivity contribution in [2.75, 3.05) is 36.4 Å². The first-order valence-corrected chi connectivity index (χ1v) is 8.46. The van der Waals surface area contributed by atoms with Crippen molar-refractivity contribution in [1.82, 2.24) is 14.9 Å². The number of nitrogens with one attached hydrogen (secondary N) is 1. The van der Waals surface area contributed by atoms with Gasteiger partial charge in [0, 0.05) is 50.8 Å². The van der Waals surface area contributed by atoms with Crippen molar-refractivity contribution in [1.29, 1.82) is 0 Å². The molecule has 1 amide bonds. The molecule has 0 spiro atoms. The second kappa shape index (κ2) is 6.47. The predicted molar refractivity (Wildman–Crippen MR) is 93.2 cm³/mol. The summed E-state index contributed by atoms with van der Waals surface area (Å²) in [5.41, 5.74) is 1.60. The molecule has 2 aliphatic rings. The average molecular weight is 323 g/mol. The van der Waals surface area contributed by atoms with E-state index in [9.17, 15) is 4.79 Å². The molecule has 4 rings (SSSR count). The van der Waals surface area contributed by atoms with Gasteiger partial charge in [-0.1, -0.05) is 6.07 Å². The summed E-state index contributed by atoms with van der Waals surface area (Å²) in [6, 6.07) is 8.38. The summed E-state index contributed by atoms with van der Waals surface area (Å²) < 4.78 is 0. The molecule has 0 radical (unpaired) electrons. The van der Waals surface area contributed by atoms with Crippen LogP contribution in [0.1, 0.15) is 23.2 Å². The van der Waals surface area contributed by atoms with E-state index in [0.29, 0.717) is 24.7 Å². The molecule has 6 nitrogen and oxygen atoms in total. The van der Waals surface area contributed by atoms with Gasteiger partial charge in [0.25, 0.3) is 5.91 Å². The van der Waals surface area contributed by atoms with E-state index >= 15 is 0 Å². The highest BCUT2D eigenvalue weighted by Crippen LogP contribution is 2.25. The summed E-state index contributed by atoms with van der Waals surface area (Å²) in [6.45, 7) is 3.01. The van der Waals surface area contributed by atoms with Crippen LogP contribution in [0.4, 0.5) is 11.5 Å². The average Bonchev–Trinajstić information content (AvgIpc) is 3.46. The van der Waals surface area contributed by atoms with Crippen molar-refractivity contribution < 1.29 is 4.79 Å². The number of hydrogen-bond donors (Lipinski definition) is 1. The van der Waals surface area contributed by atoms with Gasteiger partial charge in [-0.3, -0.25) is 9.78 Å². The molecule has 0 bridgehead atoms. The first kappa shape index (κ1) is 14.9. The first-order valence-electron chi connectivity index (χ1n) is 8.46. The van der Waals surface area contributed by atoms with E-state index in [2.05, 4.69) is 20.2 Å². The van der Waals surface area contributed by atoms with Crippen molar-refractivity contribution in [3.63, 3.8) is 0 Å². The first-order chi connectivity index (χ1) is 11.8. The summed E-state index contributed by atoms with van der Waals surface area (Å²) >= 11 is 0. The summed E-state index contributed by atoms with van der Waals surface area (Å²) in [5.74, 6) is 1.03. The maximum atomic E-state index is 12.7. The van der Waals surface area contributed by atoms with Crippen LogP contribution < -0.4 is 10.2 Å². The minimum atomic E-state index is 0.0580. The fraction of sp³-hybridized carbons (Fsp3) is 0.389. The van der Waals surface area contributed by atoms with Crippen molar-refractivity contribution in [2.24, 2.45) is 0 Å². The Bertz CT molecular complexity index is 708. The third kappa shape index (κ3) is 3.32. The van der Waals surface area contributed by atoms with E-state index in [1.165, 1.54) is 12.8 Å². The minimum absolute atomic E-state index is 0.0580. The highest BCUT2D eigenvalue weighted by Gasteiger charge is 2.24. The molecule has 2 aromatic heterocycles. The van der Waals surface area contributed by atoms with E-state index in [0.717, 1.165) is 24.6 Å². The van der Waals surface area contributed by atoms with E-state index < -0.39 is 0 Å². The van der Waals surface area contributed by atoms with E-state index in [4.69, 9.17) is 0 Å². The Morgan fingerprint density at radius 3 is 2.67 bits per heavy atom. The number of pyridine rings is 2. The highest BCUT2D eigenvalue weighted by atomic mass is 16.2. The van der Waals surface area contributed by atoms with Crippen molar-refractivity contribution in [3.8, 4) is 0 Å². The molecule has 1 saturated heterocycles. The summed E-state index contributed by atoms with van der Waals surface area (Å²) in [7, 11) is 0. The number of anilines is 2. The fourth-order valence-corrected chi connectivity index (χ4v) is 2.96. The third-order valence-corrected chi connectivity index (χ3v) is 4.47. The molecule has 1 aliphatic heterocycles. The van der Waals surface area contributed by atoms with Gasteiger partial charge in [0.05, 0.1) is 11.3 Å². The Kier molecular flexibility index (Phi) is 4.02. The zero-order valence-corrected chi connectivity index (χ0v) is 13.6. The lowest BCUT2D eigenvalue weighted by Gasteiger charge is -2.35. The van der Waals surface area contributed by atoms with Gasteiger partial charge in [-0.2, -0.15) is 0 Å². The number of nitrogens with zero attached hydrogens (tertiary/aromatic N) is 4. The van der Waals surface area contributed by atoms with Crippen LogP contribution >= 0.6 is 0 Å². The van der Waals surface area contributed by atoms with Crippen LogP contribution in [0.2, 0.25) is 0 Å². The van der Waals surface area contributed by atoms with Gasteiger partial charge in [-0.25, -0.2) is 4.98 Å². The molecule has 3 heterocycles. The lowest BCUT2D eigenvalue weighted by atomic mass is 10.2. The summed E-state index contributed by atoms with van der Waals surface area (Å²) in [4.78, 5) is 25.4. The van der Waals surface area contributed by atoms with Crippen LogP contribution in [0, 0.1) is 0 Å². The molecule has 1 saturated carbocycles. The molecule has 1 aliphatic carbocycles. The number of amides is 1. The largest absolute Gasteiger partial charge is 0.381 e. The number of hydrogen-bond acceptors (Lipinski definition) is 5. The smallest absolute Gasteiger partial charge is 0.255 e. The highest BCUT2D eigenvalue weighted by molar-refractivity contribution is 5.95. The molecule has 0 unspecified atom stereocenters. The normalized spacial score (nSPS) is 17.7. The minimum Gasteiger partial charge on any atom is -0.381 e. The lowest BCUT2D eigenvalue weighted by molar-refractivity contribution is 0.0746. The number of carbonyl (C=O) groups excluding carboxylic acids is 1. The third-order valence-electron chi connectivity index (χ3n) is 4.47. The number of piperazine rings is 1. The van der Waals surface area contributed by atoms with Crippen molar-refractivity contribution >= 4 is 17.4 Å². The summed E-state index contributed by atoms with van der Waals surface area (Å²) in [5, 5.41) is 3.39. The van der Waals surface area contributed by atoms with Crippen molar-refractivity contribution in [2.45, 2.75) is 18.9 Å². The van der Waals surface area contributed by atoms with Crippen LogP contribution in [0.3, 0.4) is 0 Å². The predicted octanol–water partition coefficient (Wildman–Crippen LogP) is 2.01. The quantitative estimate of drug-likeness (QED) is 0.933. The Morgan fingerprint density at radius 1 is 1.12 bits per heavy atom. The van der Waals surface area contributed by atoms with Crippen LogP contribution in [0.5, 0.6) is 0 Å². The topological polar surface area (TPSA) is 61.4 Å². The number of carbonyl (C=O) groups is 1. The van der Waals surface area contributed by atoms with E-state index in [-0.39, 0.29) is 5.91 Å². The molecule has 2 fully saturated rings. The molecule has 124 valence electrons. The van der Waals surface area contributed by atoms with Crippen LogP contribution in [0.15, 0.2) is 42.9 Å². The zero-order chi connectivity index (χ0) is 16.4. The number of aromatic nitrogens is 2. The number of rotatable bonds is 4. The zero-order valence-electron chi connectivity index (χ0n) is 13.6. The Balaban J connectivity index is 1.39. The van der Waals surface area contributed by atoms with Crippen LogP contribution in [0.25, 0.3) is 0 Å². The second-order valence-electron chi connectivity index (χ2n) is 6.35.